The van der Waals surface area contributed by atoms with E-state index in [0.29, 0.717) is 6.54 Å². The summed E-state index contributed by atoms with van der Waals surface area (Å²) in [6.45, 7) is 6.78. The van der Waals surface area contributed by atoms with Crippen LogP contribution in [0, 0.1) is 5.92 Å². The zero-order valence-electron chi connectivity index (χ0n) is 9.79. The maximum Gasteiger partial charge on any atom is 0.319 e. The number of carbonyl (C=O) groups is 1. The van der Waals surface area contributed by atoms with Gasteiger partial charge < -0.3 is 10.1 Å². The lowest BCUT2D eigenvalue weighted by Gasteiger charge is -2.31. The molecular weight excluding hydrogens is 192 g/mol. The van der Waals surface area contributed by atoms with Gasteiger partial charge in [-0.3, -0.25) is 9.69 Å². The molecule has 0 amide bonds. The number of esters is 1. The molecule has 1 fully saturated rings. The fraction of sp³-hybridized carbons (Fsp3) is 0.909. The Bertz CT molecular complexity index is 189. The molecule has 15 heavy (non-hydrogen) atoms. The minimum Gasteiger partial charge on any atom is -0.468 e. The van der Waals surface area contributed by atoms with Crippen molar-refractivity contribution in [1.82, 2.24) is 10.2 Å². The Hall–Kier alpha value is -0.610. The molecule has 0 atom stereocenters. The molecule has 1 N–H and O–H groups in total. The van der Waals surface area contributed by atoms with Gasteiger partial charge in [-0.2, -0.15) is 0 Å². The predicted molar refractivity (Wildman–Crippen MR) is 59.7 cm³/mol. The highest BCUT2D eigenvalue weighted by atomic mass is 16.5. The third-order valence-corrected chi connectivity index (χ3v) is 2.97. The number of likely N-dealkylation sites (tertiary alicyclic amines) is 1. The smallest absolute Gasteiger partial charge is 0.319 e. The highest BCUT2D eigenvalue weighted by Crippen LogP contribution is 2.15. The monoisotopic (exact) mass is 214 g/mol. The molecule has 4 heteroatoms. The largest absolute Gasteiger partial charge is 0.468 e. The van der Waals surface area contributed by atoms with Gasteiger partial charge in [0.05, 0.1) is 13.7 Å². The van der Waals surface area contributed by atoms with Gasteiger partial charge in [0.2, 0.25) is 0 Å². The second kappa shape index (κ2) is 6.80. The Balaban J connectivity index is 2.15. The van der Waals surface area contributed by atoms with Crippen molar-refractivity contribution in [2.45, 2.75) is 19.8 Å². The molecule has 4 nitrogen and oxygen atoms in total. The number of hydrogen-bond acceptors (Lipinski definition) is 4. The van der Waals surface area contributed by atoms with Crippen LogP contribution in [0.5, 0.6) is 0 Å². The molecule has 0 radical (unpaired) electrons. The topological polar surface area (TPSA) is 41.6 Å². The quantitative estimate of drug-likeness (QED) is 0.676. The molecule has 0 aromatic carbocycles. The minimum absolute atomic E-state index is 0.125. The number of hydrogen-bond donors (Lipinski definition) is 1. The van der Waals surface area contributed by atoms with Crippen molar-refractivity contribution in [2.24, 2.45) is 5.92 Å². The Morgan fingerprint density at radius 1 is 1.47 bits per heavy atom. The predicted octanol–water partition coefficient (Wildman–Crippen LogP) is 0.481. The first-order valence-corrected chi connectivity index (χ1v) is 5.76. The van der Waals surface area contributed by atoms with E-state index in [4.69, 9.17) is 0 Å². The summed E-state index contributed by atoms with van der Waals surface area (Å²) in [7, 11) is 1.44. The van der Waals surface area contributed by atoms with Crippen molar-refractivity contribution in [1.29, 1.82) is 0 Å². The van der Waals surface area contributed by atoms with E-state index in [1.54, 1.807) is 0 Å². The second-order valence-electron chi connectivity index (χ2n) is 4.10. The van der Waals surface area contributed by atoms with Gasteiger partial charge in [-0.15, -0.1) is 0 Å². The van der Waals surface area contributed by atoms with Crippen LogP contribution in [0.4, 0.5) is 0 Å². The van der Waals surface area contributed by atoms with E-state index in [9.17, 15) is 4.79 Å². The van der Waals surface area contributed by atoms with Gasteiger partial charge in [0.25, 0.3) is 0 Å². The molecule has 0 unspecified atom stereocenters. The summed E-state index contributed by atoms with van der Waals surface area (Å²) in [5.74, 6) is 0.652. The molecule has 0 aliphatic carbocycles. The van der Waals surface area contributed by atoms with Crippen LogP contribution >= 0.6 is 0 Å². The van der Waals surface area contributed by atoms with Crippen LogP contribution in [-0.4, -0.2) is 50.7 Å². The third-order valence-electron chi connectivity index (χ3n) is 2.97. The average Bonchev–Trinajstić information content (AvgIpc) is 2.28. The number of piperidine rings is 1. The molecule has 1 saturated heterocycles. The van der Waals surface area contributed by atoms with Gasteiger partial charge in [0.1, 0.15) is 0 Å². The maximum absolute atomic E-state index is 11.1. The first-order chi connectivity index (χ1) is 7.26. The Morgan fingerprint density at radius 3 is 2.67 bits per heavy atom. The molecule has 0 bridgehead atoms. The lowest BCUT2D eigenvalue weighted by Crippen LogP contribution is -2.40. The van der Waals surface area contributed by atoms with Crippen molar-refractivity contribution in [3.63, 3.8) is 0 Å². The lowest BCUT2D eigenvalue weighted by atomic mass is 9.97. The van der Waals surface area contributed by atoms with Crippen LogP contribution in [0.1, 0.15) is 19.8 Å². The number of ether oxygens (including phenoxy) is 1. The molecule has 88 valence electrons. The van der Waals surface area contributed by atoms with Crippen LogP contribution < -0.4 is 5.32 Å². The van der Waals surface area contributed by atoms with Gasteiger partial charge >= 0.3 is 5.97 Å². The molecule has 0 saturated carbocycles. The number of carbonyl (C=O) groups excluding carboxylic acids is 1. The van der Waals surface area contributed by atoms with E-state index in [-0.39, 0.29) is 5.97 Å². The van der Waals surface area contributed by atoms with Crippen LogP contribution in [0.25, 0.3) is 0 Å². The zero-order valence-corrected chi connectivity index (χ0v) is 9.79. The molecule has 0 aromatic rings. The number of rotatable bonds is 5. The molecule has 1 aliphatic heterocycles. The van der Waals surface area contributed by atoms with Crippen LogP contribution in [0.2, 0.25) is 0 Å². The molecule has 0 aromatic heterocycles. The van der Waals surface area contributed by atoms with Crippen LogP contribution in [0.3, 0.4) is 0 Å². The molecule has 1 rings (SSSR count). The first-order valence-electron chi connectivity index (χ1n) is 5.76. The molecular formula is C11H22N2O2. The summed E-state index contributed by atoms with van der Waals surface area (Å²) in [6, 6.07) is 0. The first kappa shape index (κ1) is 12.5. The van der Waals surface area contributed by atoms with Crippen LogP contribution in [0.15, 0.2) is 0 Å². The van der Waals surface area contributed by atoms with Gasteiger partial charge in [-0.1, -0.05) is 6.92 Å². The summed E-state index contributed by atoms with van der Waals surface area (Å²) >= 11 is 0. The Kier molecular flexibility index (Phi) is 5.65. The SMILES string of the molecule is CCNCC1CCN(CC(=O)OC)CC1. The molecule has 1 aliphatic rings. The van der Waals surface area contributed by atoms with E-state index in [1.807, 2.05) is 0 Å². The fourth-order valence-corrected chi connectivity index (χ4v) is 1.94. The summed E-state index contributed by atoms with van der Waals surface area (Å²) in [5, 5.41) is 3.37. The standard InChI is InChI=1S/C11H22N2O2/c1-3-12-8-10-4-6-13(7-5-10)9-11(14)15-2/h10,12H,3-9H2,1-2H3. The summed E-state index contributed by atoms with van der Waals surface area (Å²) in [6.07, 6.45) is 2.37. The van der Waals surface area contributed by atoms with E-state index in [1.165, 1.54) is 20.0 Å². The van der Waals surface area contributed by atoms with Gasteiger partial charge in [0, 0.05) is 0 Å². The second-order valence-corrected chi connectivity index (χ2v) is 4.10. The van der Waals surface area contributed by atoms with E-state index < -0.39 is 0 Å². The maximum atomic E-state index is 11.1. The fourth-order valence-electron chi connectivity index (χ4n) is 1.94. The van der Waals surface area contributed by atoms with E-state index in [2.05, 4.69) is 21.9 Å². The zero-order chi connectivity index (χ0) is 11.1. The Labute approximate surface area is 92.0 Å². The minimum atomic E-state index is -0.125. The van der Waals surface area contributed by atoms with Crippen molar-refractivity contribution < 1.29 is 9.53 Å². The number of methoxy groups -OCH3 is 1. The van der Waals surface area contributed by atoms with Crippen molar-refractivity contribution in [3.05, 3.63) is 0 Å². The van der Waals surface area contributed by atoms with Crippen LogP contribution in [-0.2, 0) is 9.53 Å². The highest BCUT2D eigenvalue weighted by Gasteiger charge is 2.20. The number of nitrogens with zero attached hydrogens (tertiary/aromatic N) is 1. The van der Waals surface area contributed by atoms with E-state index in [0.717, 1.165) is 32.1 Å². The van der Waals surface area contributed by atoms with Gasteiger partial charge in [0.15, 0.2) is 0 Å². The average molecular weight is 214 g/mol. The molecule has 0 spiro atoms. The highest BCUT2D eigenvalue weighted by molar-refractivity contribution is 5.71. The lowest BCUT2D eigenvalue weighted by molar-refractivity contribution is -0.142. The van der Waals surface area contributed by atoms with Crippen molar-refractivity contribution in [3.8, 4) is 0 Å². The summed E-state index contributed by atoms with van der Waals surface area (Å²) in [4.78, 5) is 13.2. The summed E-state index contributed by atoms with van der Waals surface area (Å²) < 4.78 is 4.65. The van der Waals surface area contributed by atoms with Gasteiger partial charge in [-0.25, -0.2) is 0 Å². The van der Waals surface area contributed by atoms with E-state index >= 15 is 0 Å². The summed E-state index contributed by atoms with van der Waals surface area (Å²) in [5.41, 5.74) is 0. The Morgan fingerprint density at radius 2 is 2.13 bits per heavy atom. The normalized spacial score (nSPS) is 19.1. The van der Waals surface area contributed by atoms with Crippen molar-refractivity contribution in [2.75, 3.05) is 39.8 Å². The van der Waals surface area contributed by atoms with Gasteiger partial charge in [-0.05, 0) is 44.9 Å². The number of nitrogens with one attached hydrogen (secondary N) is 1. The molecule has 1 heterocycles. The third kappa shape index (κ3) is 4.62. The van der Waals surface area contributed by atoms with Crippen molar-refractivity contribution >= 4 is 5.97 Å².